The lowest BCUT2D eigenvalue weighted by Crippen LogP contribution is -2.23. The summed E-state index contributed by atoms with van der Waals surface area (Å²) in [5.41, 5.74) is 2.54. The van der Waals surface area contributed by atoms with Crippen LogP contribution in [0.5, 0.6) is 11.5 Å². The van der Waals surface area contributed by atoms with Crippen molar-refractivity contribution in [1.29, 1.82) is 0 Å². The van der Waals surface area contributed by atoms with Crippen LogP contribution in [0.25, 0.3) is 11.0 Å². The fourth-order valence-corrected chi connectivity index (χ4v) is 3.20. The van der Waals surface area contributed by atoms with Gasteiger partial charge in [-0.1, -0.05) is 18.2 Å². The number of para-hydroxylation sites is 1. The number of rotatable bonds is 5. The molecule has 0 aliphatic heterocycles. The number of nitrogens with zero attached hydrogens (tertiary/aromatic N) is 1. The van der Waals surface area contributed by atoms with Gasteiger partial charge >= 0.3 is 5.63 Å². The van der Waals surface area contributed by atoms with Crippen LogP contribution in [-0.2, 0) is 6.54 Å². The third-order valence-corrected chi connectivity index (χ3v) is 4.89. The molecule has 0 aliphatic rings. The summed E-state index contributed by atoms with van der Waals surface area (Å²) in [6, 6.07) is 12.9. The van der Waals surface area contributed by atoms with E-state index in [2.05, 4.69) is 11.8 Å². The number of aryl methyl sites for hydroxylation is 1. The van der Waals surface area contributed by atoms with Crippen LogP contribution in [0.3, 0.4) is 0 Å². The lowest BCUT2D eigenvalue weighted by Gasteiger charge is -2.26. The second kappa shape index (κ2) is 7.22. The van der Waals surface area contributed by atoms with Crippen molar-refractivity contribution in [3.63, 3.8) is 0 Å². The number of aromatic hydroxyl groups is 1. The molecule has 0 radical (unpaired) electrons. The maximum absolute atomic E-state index is 12.0. The zero-order valence-electron chi connectivity index (χ0n) is 15.4. The molecule has 5 nitrogen and oxygen atoms in total. The molecular weight excluding hydrogens is 330 g/mol. The number of hydrogen-bond acceptors (Lipinski definition) is 5. The van der Waals surface area contributed by atoms with Crippen molar-refractivity contribution in [3.05, 3.63) is 69.6 Å². The molecule has 0 fully saturated rings. The Balaban J connectivity index is 1.98. The van der Waals surface area contributed by atoms with Gasteiger partial charge in [0.1, 0.15) is 17.1 Å². The topological polar surface area (TPSA) is 62.9 Å². The zero-order chi connectivity index (χ0) is 18.8. The minimum atomic E-state index is -0.417. The van der Waals surface area contributed by atoms with Crippen LogP contribution < -0.4 is 10.4 Å². The molecule has 1 unspecified atom stereocenters. The average Bonchev–Trinajstić information content (AvgIpc) is 2.64. The summed E-state index contributed by atoms with van der Waals surface area (Å²) >= 11 is 0. The van der Waals surface area contributed by atoms with Gasteiger partial charge in [0.15, 0.2) is 0 Å². The maximum atomic E-state index is 12.0. The summed E-state index contributed by atoms with van der Waals surface area (Å²) < 4.78 is 10.8. The molecular formula is C21H23NO4. The predicted octanol–water partition coefficient (Wildman–Crippen LogP) is 4.01. The highest BCUT2D eigenvalue weighted by Crippen LogP contribution is 2.31. The molecule has 0 spiro atoms. The first-order valence-electron chi connectivity index (χ1n) is 8.50. The first-order valence-corrected chi connectivity index (χ1v) is 8.50. The van der Waals surface area contributed by atoms with Gasteiger partial charge in [-0.2, -0.15) is 0 Å². The van der Waals surface area contributed by atoms with Gasteiger partial charge in [0, 0.05) is 35.2 Å². The van der Waals surface area contributed by atoms with Crippen LogP contribution in [0.2, 0.25) is 0 Å². The van der Waals surface area contributed by atoms with Gasteiger partial charge in [0.2, 0.25) is 0 Å². The first kappa shape index (κ1) is 18.0. The molecule has 0 saturated carbocycles. The first-order chi connectivity index (χ1) is 12.4. The minimum absolute atomic E-state index is 0.0895. The summed E-state index contributed by atoms with van der Waals surface area (Å²) in [7, 11) is 3.67. The normalized spacial score (nSPS) is 12.5. The van der Waals surface area contributed by atoms with Crippen molar-refractivity contribution in [1.82, 2.24) is 4.90 Å². The van der Waals surface area contributed by atoms with Crippen molar-refractivity contribution >= 4 is 11.0 Å². The van der Waals surface area contributed by atoms with Crippen molar-refractivity contribution in [2.45, 2.75) is 26.4 Å². The molecule has 1 heterocycles. The molecule has 2 aromatic carbocycles. The fraction of sp³-hybridized carbons (Fsp3) is 0.286. The molecule has 3 rings (SSSR count). The van der Waals surface area contributed by atoms with E-state index in [1.54, 1.807) is 26.2 Å². The predicted molar refractivity (Wildman–Crippen MR) is 102 cm³/mol. The van der Waals surface area contributed by atoms with E-state index in [0.717, 1.165) is 22.3 Å². The number of ether oxygens (including phenoxy) is 1. The molecule has 0 saturated heterocycles. The quantitative estimate of drug-likeness (QED) is 0.702. The van der Waals surface area contributed by atoms with Crippen molar-refractivity contribution in [3.8, 4) is 11.5 Å². The second-order valence-corrected chi connectivity index (χ2v) is 6.51. The summed E-state index contributed by atoms with van der Waals surface area (Å²) in [5.74, 6) is 0.957. The minimum Gasteiger partial charge on any atom is -0.508 e. The van der Waals surface area contributed by atoms with E-state index in [-0.39, 0.29) is 11.8 Å². The number of phenolic OH excluding ortho intramolecular Hbond substituents is 1. The van der Waals surface area contributed by atoms with Crippen LogP contribution in [0.1, 0.15) is 29.7 Å². The summed E-state index contributed by atoms with van der Waals surface area (Å²) in [6.07, 6.45) is 0. The number of fused-ring (bicyclic) bond motifs is 1. The van der Waals surface area contributed by atoms with Gasteiger partial charge < -0.3 is 14.3 Å². The van der Waals surface area contributed by atoms with E-state index in [0.29, 0.717) is 17.7 Å². The molecule has 136 valence electrons. The van der Waals surface area contributed by atoms with E-state index in [1.165, 1.54) is 6.07 Å². The fourth-order valence-electron chi connectivity index (χ4n) is 3.20. The lowest BCUT2D eigenvalue weighted by molar-refractivity contribution is 0.247. The number of phenols is 1. The monoisotopic (exact) mass is 353 g/mol. The second-order valence-electron chi connectivity index (χ2n) is 6.51. The third-order valence-electron chi connectivity index (χ3n) is 4.89. The SMILES string of the molecule is COc1ccccc1C(C)N(C)Cc1cc(=O)oc2c(C)c(O)ccc12. The average molecular weight is 353 g/mol. The molecule has 0 bridgehead atoms. The Labute approximate surface area is 152 Å². The molecule has 26 heavy (non-hydrogen) atoms. The van der Waals surface area contributed by atoms with Crippen LogP contribution >= 0.6 is 0 Å². The highest BCUT2D eigenvalue weighted by atomic mass is 16.5. The molecule has 5 heteroatoms. The van der Waals surface area contributed by atoms with Crippen molar-refractivity contribution in [2.24, 2.45) is 0 Å². The van der Waals surface area contributed by atoms with Gasteiger partial charge in [-0.25, -0.2) is 4.79 Å². The summed E-state index contributed by atoms with van der Waals surface area (Å²) in [5, 5.41) is 10.7. The van der Waals surface area contributed by atoms with Crippen LogP contribution in [0, 0.1) is 6.92 Å². The van der Waals surface area contributed by atoms with E-state index in [4.69, 9.17) is 9.15 Å². The van der Waals surface area contributed by atoms with Gasteiger partial charge in [0.05, 0.1) is 7.11 Å². The van der Waals surface area contributed by atoms with E-state index < -0.39 is 5.63 Å². The molecule has 1 atom stereocenters. The number of benzene rings is 2. The highest BCUT2D eigenvalue weighted by molar-refractivity contribution is 5.84. The summed E-state index contributed by atoms with van der Waals surface area (Å²) in [4.78, 5) is 14.1. The summed E-state index contributed by atoms with van der Waals surface area (Å²) in [6.45, 7) is 4.40. The van der Waals surface area contributed by atoms with E-state index in [1.807, 2.05) is 31.3 Å². The molecule has 0 amide bonds. The molecule has 3 aromatic rings. The lowest BCUT2D eigenvalue weighted by atomic mass is 10.0. The van der Waals surface area contributed by atoms with Crippen molar-refractivity contribution < 1.29 is 14.3 Å². The largest absolute Gasteiger partial charge is 0.508 e. The van der Waals surface area contributed by atoms with Gasteiger partial charge in [-0.05, 0) is 44.7 Å². The third kappa shape index (κ3) is 3.30. The Bertz CT molecular complexity index is 993. The Kier molecular flexibility index (Phi) is 5.00. The van der Waals surface area contributed by atoms with Crippen LogP contribution in [0.15, 0.2) is 51.7 Å². The van der Waals surface area contributed by atoms with Gasteiger partial charge in [-0.15, -0.1) is 0 Å². The highest BCUT2D eigenvalue weighted by Gasteiger charge is 2.18. The van der Waals surface area contributed by atoms with Crippen LogP contribution in [-0.4, -0.2) is 24.2 Å². The molecule has 1 N–H and O–H groups in total. The Morgan fingerprint density at radius 2 is 1.96 bits per heavy atom. The van der Waals surface area contributed by atoms with E-state index in [9.17, 15) is 9.90 Å². The molecule has 1 aromatic heterocycles. The number of methoxy groups -OCH3 is 1. The number of hydrogen-bond donors (Lipinski definition) is 1. The van der Waals surface area contributed by atoms with Crippen LogP contribution in [0.4, 0.5) is 0 Å². The Morgan fingerprint density at radius 3 is 2.69 bits per heavy atom. The van der Waals surface area contributed by atoms with E-state index >= 15 is 0 Å². The smallest absolute Gasteiger partial charge is 0.336 e. The van der Waals surface area contributed by atoms with Gasteiger partial charge in [-0.3, -0.25) is 4.90 Å². The van der Waals surface area contributed by atoms with Gasteiger partial charge in [0.25, 0.3) is 0 Å². The Morgan fingerprint density at radius 1 is 1.23 bits per heavy atom. The zero-order valence-corrected chi connectivity index (χ0v) is 15.4. The Hall–Kier alpha value is -2.79. The standard InChI is InChI=1S/C21H23NO4/c1-13-18(23)10-9-17-15(11-20(24)26-21(13)17)12-22(3)14(2)16-7-5-6-8-19(16)25-4/h5-11,14,23H,12H2,1-4H3. The van der Waals surface area contributed by atoms with Crippen molar-refractivity contribution in [2.75, 3.05) is 14.2 Å². The molecule has 0 aliphatic carbocycles. The maximum Gasteiger partial charge on any atom is 0.336 e.